The van der Waals surface area contributed by atoms with Crippen LogP contribution in [0.4, 0.5) is 4.39 Å². The number of aliphatic imine (C=N–C) groups is 1. The van der Waals surface area contributed by atoms with Crippen LogP contribution in [0.3, 0.4) is 0 Å². The van der Waals surface area contributed by atoms with Crippen LogP contribution in [-0.2, 0) is 0 Å². The lowest BCUT2D eigenvalue weighted by Crippen LogP contribution is -2.37. The molecule has 5 heteroatoms. The number of hydrogen-bond acceptors (Lipinski definition) is 2. The van der Waals surface area contributed by atoms with Gasteiger partial charge in [0.05, 0.1) is 12.6 Å². The summed E-state index contributed by atoms with van der Waals surface area (Å²) in [6.45, 7) is 2.60. The van der Waals surface area contributed by atoms with E-state index in [0.29, 0.717) is 18.3 Å². The molecular formula is C16H24FN3O. The molecule has 21 heavy (non-hydrogen) atoms. The SMILES string of the molecule is CN=C(NC(C)c1ccc(OCC2CC2)c(F)c1)N(C)C. The first kappa shape index (κ1) is 15.6. The monoisotopic (exact) mass is 293 g/mol. The fourth-order valence-electron chi connectivity index (χ4n) is 2.07. The van der Waals surface area contributed by atoms with Crippen molar-refractivity contribution in [3.8, 4) is 5.75 Å². The Morgan fingerprint density at radius 1 is 1.48 bits per heavy atom. The number of nitrogens with one attached hydrogen (secondary N) is 1. The lowest BCUT2D eigenvalue weighted by Gasteiger charge is -2.22. The fraction of sp³-hybridized carbons (Fsp3) is 0.562. The lowest BCUT2D eigenvalue weighted by molar-refractivity contribution is 0.285. The molecule has 1 unspecified atom stereocenters. The summed E-state index contributed by atoms with van der Waals surface area (Å²) in [5, 5.41) is 3.26. The Balaban J connectivity index is 2.00. The number of rotatable bonds is 5. The molecule has 1 aliphatic carbocycles. The van der Waals surface area contributed by atoms with E-state index in [-0.39, 0.29) is 11.9 Å². The van der Waals surface area contributed by atoms with E-state index >= 15 is 0 Å². The van der Waals surface area contributed by atoms with Crippen LogP contribution in [0, 0.1) is 11.7 Å². The second kappa shape index (κ2) is 6.78. The van der Waals surface area contributed by atoms with E-state index in [1.807, 2.05) is 32.0 Å². The highest BCUT2D eigenvalue weighted by Gasteiger charge is 2.22. The van der Waals surface area contributed by atoms with Crippen LogP contribution < -0.4 is 10.1 Å². The second-order valence-corrected chi connectivity index (χ2v) is 5.75. The Morgan fingerprint density at radius 2 is 2.19 bits per heavy atom. The van der Waals surface area contributed by atoms with Crippen LogP contribution in [-0.4, -0.2) is 38.6 Å². The zero-order valence-corrected chi connectivity index (χ0v) is 13.2. The van der Waals surface area contributed by atoms with E-state index in [2.05, 4.69) is 10.3 Å². The number of ether oxygens (including phenoxy) is 1. The first-order chi connectivity index (χ1) is 10.0. The number of nitrogens with zero attached hydrogens (tertiary/aromatic N) is 2. The minimum absolute atomic E-state index is 0.0296. The van der Waals surface area contributed by atoms with Crippen molar-refractivity contribution in [3.63, 3.8) is 0 Å². The first-order valence-corrected chi connectivity index (χ1v) is 7.34. The Kier molecular flexibility index (Phi) is 5.04. The van der Waals surface area contributed by atoms with Crippen molar-refractivity contribution in [1.82, 2.24) is 10.2 Å². The van der Waals surface area contributed by atoms with Crippen LogP contribution >= 0.6 is 0 Å². The molecule has 1 aromatic rings. The zero-order chi connectivity index (χ0) is 15.4. The largest absolute Gasteiger partial charge is 0.490 e. The molecule has 4 nitrogen and oxygen atoms in total. The first-order valence-electron chi connectivity index (χ1n) is 7.34. The predicted octanol–water partition coefficient (Wildman–Crippen LogP) is 2.81. The van der Waals surface area contributed by atoms with Gasteiger partial charge < -0.3 is 15.0 Å². The second-order valence-electron chi connectivity index (χ2n) is 5.75. The summed E-state index contributed by atoms with van der Waals surface area (Å²) >= 11 is 0. The van der Waals surface area contributed by atoms with Gasteiger partial charge in [-0.2, -0.15) is 0 Å². The van der Waals surface area contributed by atoms with Gasteiger partial charge in [0, 0.05) is 21.1 Å². The molecule has 0 amide bonds. The van der Waals surface area contributed by atoms with Crippen molar-refractivity contribution < 1.29 is 9.13 Å². The minimum Gasteiger partial charge on any atom is -0.490 e. The van der Waals surface area contributed by atoms with E-state index < -0.39 is 0 Å². The molecule has 1 fully saturated rings. The van der Waals surface area contributed by atoms with Gasteiger partial charge in [0.15, 0.2) is 17.5 Å². The third-order valence-electron chi connectivity index (χ3n) is 3.61. The summed E-state index contributed by atoms with van der Waals surface area (Å²) in [4.78, 5) is 6.05. The molecule has 0 aromatic heterocycles. The van der Waals surface area contributed by atoms with Crippen LogP contribution in [0.5, 0.6) is 5.75 Å². The van der Waals surface area contributed by atoms with Gasteiger partial charge in [-0.3, -0.25) is 4.99 Å². The van der Waals surface area contributed by atoms with Crippen molar-refractivity contribution in [2.45, 2.75) is 25.8 Å². The van der Waals surface area contributed by atoms with Gasteiger partial charge in [-0.15, -0.1) is 0 Å². The zero-order valence-electron chi connectivity index (χ0n) is 13.2. The van der Waals surface area contributed by atoms with Crippen molar-refractivity contribution >= 4 is 5.96 Å². The highest BCUT2D eigenvalue weighted by Crippen LogP contribution is 2.30. The van der Waals surface area contributed by atoms with Gasteiger partial charge in [-0.25, -0.2) is 4.39 Å². The maximum Gasteiger partial charge on any atom is 0.193 e. The maximum absolute atomic E-state index is 14.1. The van der Waals surface area contributed by atoms with E-state index in [1.165, 1.54) is 18.9 Å². The highest BCUT2D eigenvalue weighted by atomic mass is 19.1. The Bertz CT molecular complexity index is 512. The third kappa shape index (κ3) is 4.34. The highest BCUT2D eigenvalue weighted by molar-refractivity contribution is 5.79. The van der Waals surface area contributed by atoms with Crippen molar-refractivity contribution in [3.05, 3.63) is 29.6 Å². The van der Waals surface area contributed by atoms with Crippen molar-refractivity contribution in [2.24, 2.45) is 10.9 Å². The fourth-order valence-corrected chi connectivity index (χ4v) is 2.07. The van der Waals surface area contributed by atoms with Gasteiger partial charge in [-0.1, -0.05) is 6.07 Å². The summed E-state index contributed by atoms with van der Waals surface area (Å²) in [5.74, 6) is 1.42. The number of benzene rings is 1. The maximum atomic E-state index is 14.1. The molecule has 1 aliphatic rings. The summed E-state index contributed by atoms with van der Waals surface area (Å²) in [5.41, 5.74) is 0.870. The van der Waals surface area contributed by atoms with Gasteiger partial charge in [-0.05, 0) is 43.4 Å². The molecule has 1 N–H and O–H groups in total. The van der Waals surface area contributed by atoms with Gasteiger partial charge in [0.1, 0.15) is 0 Å². The summed E-state index contributed by atoms with van der Waals surface area (Å²) < 4.78 is 19.6. The molecule has 1 aromatic carbocycles. The molecule has 116 valence electrons. The summed E-state index contributed by atoms with van der Waals surface area (Å²) in [6, 6.07) is 5.11. The molecule has 0 radical (unpaired) electrons. The average molecular weight is 293 g/mol. The van der Waals surface area contributed by atoms with Crippen LogP contribution in [0.15, 0.2) is 23.2 Å². The normalized spacial score (nSPS) is 16.5. The minimum atomic E-state index is -0.304. The molecule has 2 rings (SSSR count). The van der Waals surface area contributed by atoms with Crippen molar-refractivity contribution in [2.75, 3.05) is 27.7 Å². The topological polar surface area (TPSA) is 36.9 Å². The molecule has 0 bridgehead atoms. The number of guanidine groups is 1. The van der Waals surface area contributed by atoms with Crippen LogP contribution in [0.2, 0.25) is 0 Å². The smallest absolute Gasteiger partial charge is 0.193 e. The van der Waals surface area contributed by atoms with Crippen molar-refractivity contribution in [1.29, 1.82) is 0 Å². The number of hydrogen-bond donors (Lipinski definition) is 1. The quantitative estimate of drug-likeness (QED) is 0.670. The molecule has 0 spiro atoms. The molecule has 1 atom stereocenters. The van der Waals surface area contributed by atoms with Crippen LogP contribution in [0.1, 0.15) is 31.4 Å². The number of halogens is 1. The average Bonchev–Trinajstić information content (AvgIpc) is 3.26. The Morgan fingerprint density at radius 3 is 2.71 bits per heavy atom. The Labute approximate surface area is 126 Å². The lowest BCUT2D eigenvalue weighted by atomic mass is 10.1. The Hall–Kier alpha value is -1.78. The standard InChI is InChI=1S/C16H24FN3O/c1-11(19-16(18-2)20(3)4)13-7-8-15(14(17)9-13)21-10-12-5-6-12/h7-9,11-12H,5-6,10H2,1-4H3,(H,18,19). The molecule has 1 saturated carbocycles. The molecular weight excluding hydrogens is 269 g/mol. The van der Waals surface area contributed by atoms with Gasteiger partial charge in [0.25, 0.3) is 0 Å². The molecule has 0 saturated heterocycles. The van der Waals surface area contributed by atoms with Crippen LogP contribution in [0.25, 0.3) is 0 Å². The summed E-state index contributed by atoms with van der Waals surface area (Å²) in [6.07, 6.45) is 2.40. The van der Waals surface area contributed by atoms with E-state index in [1.54, 1.807) is 13.1 Å². The molecule has 0 heterocycles. The summed E-state index contributed by atoms with van der Waals surface area (Å²) in [7, 11) is 5.55. The van der Waals surface area contributed by atoms with E-state index in [0.717, 1.165) is 11.5 Å². The van der Waals surface area contributed by atoms with E-state index in [9.17, 15) is 4.39 Å². The van der Waals surface area contributed by atoms with E-state index in [4.69, 9.17) is 4.74 Å². The van der Waals surface area contributed by atoms with Gasteiger partial charge in [0.2, 0.25) is 0 Å². The van der Waals surface area contributed by atoms with Gasteiger partial charge >= 0.3 is 0 Å². The predicted molar refractivity (Wildman–Crippen MR) is 83.2 cm³/mol. The third-order valence-corrected chi connectivity index (χ3v) is 3.61. The molecule has 0 aliphatic heterocycles.